The normalized spacial score (nSPS) is 23.1. The summed E-state index contributed by atoms with van der Waals surface area (Å²) in [5.41, 5.74) is -0.240. The predicted molar refractivity (Wildman–Crippen MR) is 74.7 cm³/mol. The Kier molecular flexibility index (Phi) is 4.82. The summed E-state index contributed by atoms with van der Waals surface area (Å²) in [6, 6.07) is 0. The molecule has 1 saturated heterocycles. The fraction of sp³-hybridized carbons (Fsp3) is 0.933. The van der Waals surface area contributed by atoms with Crippen molar-refractivity contribution < 1.29 is 9.90 Å². The van der Waals surface area contributed by atoms with E-state index in [9.17, 15) is 9.90 Å². The summed E-state index contributed by atoms with van der Waals surface area (Å²) >= 11 is 0. The van der Waals surface area contributed by atoms with Gasteiger partial charge >= 0.3 is 5.97 Å². The minimum absolute atomic E-state index is 0.281. The van der Waals surface area contributed by atoms with Gasteiger partial charge in [0.05, 0.1) is 5.41 Å². The quantitative estimate of drug-likeness (QED) is 0.838. The Bertz CT molecular complexity index is 291. The summed E-state index contributed by atoms with van der Waals surface area (Å²) in [5.74, 6) is -0.381. The lowest BCUT2D eigenvalue weighted by Gasteiger charge is -2.40. The van der Waals surface area contributed by atoms with E-state index in [1.54, 1.807) is 0 Å². The Balaban J connectivity index is 2.54. The molecule has 18 heavy (non-hydrogen) atoms. The van der Waals surface area contributed by atoms with E-state index in [1.165, 1.54) is 6.42 Å². The summed E-state index contributed by atoms with van der Waals surface area (Å²) in [6.07, 6.45) is 3.35. The van der Waals surface area contributed by atoms with E-state index in [0.29, 0.717) is 5.41 Å². The standard InChI is InChI=1S/C15H29NO2/c1-14(2,3)8-10-16-9-6-7-12(11-16)15(4,5)13(17)18/h12H,6-11H2,1-5H3,(H,17,18). The average molecular weight is 255 g/mol. The number of carboxylic acids is 1. The minimum atomic E-state index is -0.662. The second-order valence-corrected chi connectivity index (χ2v) is 7.48. The maximum Gasteiger partial charge on any atom is 0.309 e. The van der Waals surface area contributed by atoms with E-state index in [0.717, 1.165) is 32.5 Å². The summed E-state index contributed by atoms with van der Waals surface area (Å²) in [5, 5.41) is 9.32. The van der Waals surface area contributed by atoms with Crippen LogP contribution in [0.25, 0.3) is 0 Å². The zero-order chi connectivity index (χ0) is 14.0. The molecule has 0 amide bonds. The van der Waals surface area contributed by atoms with Gasteiger partial charge in [0.25, 0.3) is 0 Å². The van der Waals surface area contributed by atoms with Crippen LogP contribution in [0.15, 0.2) is 0 Å². The van der Waals surface area contributed by atoms with Crippen molar-refractivity contribution in [3.05, 3.63) is 0 Å². The van der Waals surface area contributed by atoms with Gasteiger partial charge < -0.3 is 10.0 Å². The summed E-state index contributed by atoms with van der Waals surface area (Å²) in [7, 11) is 0. The van der Waals surface area contributed by atoms with Crippen molar-refractivity contribution in [1.29, 1.82) is 0 Å². The summed E-state index contributed by atoms with van der Waals surface area (Å²) < 4.78 is 0. The fourth-order valence-corrected chi connectivity index (χ4v) is 2.52. The van der Waals surface area contributed by atoms with Gasteiger partial charge in [-0.3, -0.25) is 4.79 Å². The Labute approximate surface area is 112 Å². The van der Waals surface area contributed by atoms with Gasteiger partial charge in [0.15, 0.2) is 0 Å². The Morgan fingerprint density at radius 3 is 2.39 bits per heavy atom. The molecule has 0 aromatic carbocycles. The third-order valence-electron chi connectivity index (χ3n) is 4.26. The molecule has 3 nitrogen and oxygen atoms in total. The third kappa shape index (κ3) is 4.27. The fourth-order valence-electron chi connectivity index (χ4n) is 2.52. The Morgan fingerprint density at radius 2 is 1.89 bits per heavy atom. The maximum absolute atomic E-state index is 11.3. The van der Waals surface area contributed by atoms with E-state index in [2.05, 4.69) is 25.7 Å². The lowest BCUT2D eigenvalue weighted by molar-refractivity contribution is -0.151. The Hall–Kier alpha value is -0.570. The highest BCUT2D eigenvalue weighted by Crippen LogP contribution is 2.34. The highest BCUT2D eigenvalue weighted by atomic mass is 16.4. The van der Waals surface area contributed by atoms with Gasteiger partial charge in [-0.1, -0.05) is 20.8 Å². The molecule has 1 atom stereocenters. The molecule has 1 heterocycles. The van der Waals surface area contributed by atoms with E-state index < -0.39 is 11.4 Å². The SMILES string of the molecule is CC(C)(C)CCN1CCCC(C(C)(C)C(=O)O)C1. The second-order valence-electron chi connectivity index (χ2n) is 7.48. The molecule has 0 aromatic rings. The number of carbonyl (C=O) groups is 1. The molecule has 1 unspecified atom stereocenters. The van der Waals surface area contributed by atoms with Crippen molar-refractivity contribution >= 4 is 5.97 Å². The third-order valence-corrected chi connectivity index (χ3v) is 4.26. The number of aliphatic carboxylic acids is 1. The highest BCUT2D eigenvalue weighted by Gasteiger charge is 2.38. The summed E-state index contributed by atoms with van der Waals surface area (Å²) in [6.45, 7) is 13.7. The zero-order valence-electron chi connectivity index (χ0n) is 12.6. The van der Waals surface area contributed by atoms with Crippen LogP contribution in [0.3, 0.4) is 0 Å². The van der Waals surface area contributed by atoms with Crippen LogP contribution < -0.4 is 0 Å². The maximum atomic E-state index is 11.3. The first kappa shape index (κ1) is 15.5. The molecule has 1 fully saturated rings. The van der Waals surface area contributed by atoms with Crippen molar-refractivity contribution in [2.24, 2.45) is 16.7 Å². The Morgan fingerprint density at radius 1 is 1.28 bits per heavy atom. The molecule has 1 aliphatic heterocycles. The molecule has 106 valence electrons. The lowest BCUT2D eigenvalue weighted by Crippen LogP contribution is -2.45. The molecule has 0 radical (unpaired) electrons. The monoisotopic (exact) mass is 255 g/mol. The van der Waals surface area contributed by atoms with Gasteiger partial charge in [-0.2, -0.15) is 0 Å². The van der Waals surface area contributed by atoms with Crippen molar-refractivity contribution in [2.75, 3.05) is 19.6 Å². The second kappa shape index (κ2) is 5.60. The zero-order valence-corrected chi connectivity index (χ0v) is 12.6. The number of likely N-dealkylation sites (tertiary alicyclic amines) is 1. The molecule has 3 heteroatoms. The summed E-state index contributed by atoms with van der Waals surface area (Å²) in [4.78, 5) is 13.8. The van der Waals surface area contributed by atoms with Gasteiger partial charge in [-0.25, -0.2) is 0 Å². The van der Waals surface area contributed by atoms with Gasteiger partial charge in [0, 0.05) is 6.54 Å². The lowest BCUT2D eigenvalue weighted by atomic mass is 9.74. The molecule has 0 spiro atoms. The molecular formula is C15H29NO2. The van der Waals surface area contributed by atoms with Crippen molar-refractivity contribution in [1.82, 2.24) is 4.90 Å². The first-order valence-corrected chi connectivity index (χ1v) is 7.09. The highest BCUT2D eigenvalue weighted by molar-refractivity contribution is 5.74. The van der Waals surface area contributed by atoms with Crippen LogP contribution >= 0.6 is 0 Å². The molecule has 0 aromatic heterocycles. The first-order chi connectivity index (χ1) is 8.13. The van der Waals surface area contributed by atoms with Gasteiger partial charge in [-0.15, -0.1) is 0 Å². The van der Waals surface area contributed by atoms with Gasteiger partial charge in [-0.05, 0) is 57.5 Å². The predicted octanol–water partition coefficient (Wildman–Crippen LogP) is 3.25. The van der Waals surface area contributed by atoms with Crippen LogP contribution in [-0.4, -0.2) is 35.6 Å². The van der Waals surface area contributed by atoms with E-state index in [1.807, 2.05) is 13.8 Å². The number of nitrogens with zero attached hydrogens (tertiary/aromatic N) is 1. The van der Waals surface area contributed by atoms with Gasteiger partial charge in [0.2, 0.25) is 0 Å². The van der Waals surface area contributed by atoms with E-state index in [4.69, 9.17) is 0 Å². The average Bonchev–Trinajstić information content (AvgIpc) is 2.25. The van der Waals surface area contributed by atoms with E-state index >= 15 is 0 Å². The topological polar surface area (TPSA) is 40.5 Å². The van der Waals surface area contributed by atoms with Crippen molar-refractivity contribution in [3.63, 3.8) is 0 Å². The molecular weight excluding hydrogens is 226 g/mol. The number of piperidine rings is 1. The van der Waals surface area contributed by atoms with Crippen LogP contribution in [0.2, 0.25) is 0 Å². The van der Waals surface area contributed by atoms with Crippen LogP contribution in [0.1, 0.15) is 53.9 Å². The minimum Gasteiger partial charge on any atom is -0.481 e. The number of hydrogen-bond acceptors (Lipinski definition) is 2. The molecule has 1 rings (SSSR count). The van der Waals surface area contributed by atoms with Gasteiger partial charge in [0.1, 0.15) is 0 Å². The van der Waals surface area contributed by atoms with Crippen LogP contribution in [0.4, 0.5) is 0 Å². The van der Waals surface area contributed by atoms with Crippen LogP contribution in [0, 0.1) is 16.7 Å². The number of hydrogen-bond donors (Lipinski definition) is 1. The molecule has 0 bridgehead atoms. The van der Waals surface area contributed by atoms with Crippen molar-refractivity contribution in [3.8, 4) is 0 Å². The molecule has 0 aliphatic carbocycles. The largest absolute Gasteiger partial charge is 0.481 e. The molecule has 1 aliphatic rings. The first-order valence-electron chi connectivity index (χ1n) is 7.09. The number of rotatable bonds is 4. The number of carboxylic acid groups (broad SMARTS) is 1. The van der Waals surface area contributed by atoms with E-state index in [-0.39, 0.29) is 5.92 Å². The van der Waals surface area contributed by atoms with Crippen LogP contribution in [0.5, 0.6) is 0 Å². The van der Waals surface area contributed by atoms with Crippen molar-refractivity contribution in [2.45, 2.75) is 53.9 Å². The molecule has 1 N–H and O–H groups in total. The van der Waals surface area contributed by atoms with Crippen LogP contribution in [-0.2, 0) is 4.79 Å². The molecule has 0 saturated carbocycles. The smallest absolute Gasteiger partial charge is 0.309 e.